The Morgan fingerprint density at radius 2 is 1.92 bits per heavy atom. The second-order valence-corrected chi connectivity index (χ2v) is 8.12. The number of benzene rings is 1. The minimum absolute atomic E-state index is 0.129. The molecule has 0 aliphatic carbocycles. The van der Waals surface area contributed by atoms with E-state index in [9.17, 15) is 4.79 Å². The third-order valence-corrected chi connectivity index (χ3v) is 5.82. The van der Waals surface area contributed by atoms with Gasteiger partial charge in [0, 0.05) is 25.0 Å². The van der Waals surface area contributed by atoms with E-state index in [0.717, 1.165) is 39.0 Å². The zero-order valence-electron chi connectivity index (χ0n) is 15.3. The summed E-state index contributed by atoms with van der Waals surface area (Å²) in [6.07, 6.45) is 2.28. The molecule has 0 aromatic heterocycles. The normalized spacial score (nSPS) is 24.5. The predicted molar refractivity (Wildman–Crippen MR) is 98.1 cm³/mol. The molecule has 0 saturated carbocycles. The molecule has 0 radical (unpaired) electrons. The van der Waals surface area contributed by atoms with E-state index < -0.39 is 0 Å². The molecule has 1 N–H and O–H groups in total. The fraction of sp³-hybridized carbons (Fsp3) is 0.650. The largest absolute Gasteiger partial charge is 0.340 e. The van der Waals surface area contributed by atoms with Gasteiger partial charge >= 0.3 is 0 Å². The van der Waals surface area contributed by atoms with Crippen LogP contribution in [0.2, 0.25) is 0 Å². The summed E-state index contributed by atoms with van der Waals surface area (Å²) in [5, 5.41) is 3.39. The summed E-state index contributed by atoms with van der Waals surface area (Å²) in [6.45, 7) is 8.94. The van der Waals surface area contributed by atoms with Crippen LogP contribution in [0.4, 0.5) is 0 Å². The van der Waals surface area contributed by atoms with Crippen molar-refractivity contribution in [1.82, 2.24) is 15.1 Å². The number of hydrogen-bond donors (Lipinski definition) is 1. The number of rotatable bonds is 4. The number of nitrogens with zero attached hydrogens (tertiary/aromatic N) is 2. The first kappa shape index (κ1) is 17.4. The third kappa shape index (κ3) is 3.81. The van der Waals surface area contributed by atoms with Crippen LogP contribution in [0.3, 0.4) is 0 Å². The van der Waals surface area contributed by atoms with Crippen molar-refractivity contribution in [1.29, 1.82) is 0 Å². The standard InChI is InChI=1S/C20H31N3O/c1-20(2)15-23(13-18(20)16-7-5-4-6-8-16)19(24)14-22(3)17-9-11-21-12-10-17/h4-8,17-18,21H,9-15H2,1-3H3. The van der Waals surface area contributed by atoms with Crippen LogP contribution in [0, 0.1) is 5.41 Å². The molecule has 3 rings (SSSR count). The topological polar surface area (TPSA) is 35.6 Å². The smallest absolute Gasteiger partial charge is 0.236 e. The number of likely N-dealkylation sites (tertiary alicyclic amines) is 1. The highest BCUT2D eigenvalue weighted by atomic mass is 16.2. The molecule has 132 valence electrons. The number of amides is 1. The van der Waals surface area contributed by atoms with Crippen molar-refractivity contribution >= 4 is 5.91 Å². The van der Waals surface area contributed by atoms with Crippen LogP contribution in [0.5, 0.6) is 0 Å². The molecule has 1 amide bonds. The summed E-state index contributed by atoms with van der Waals surface area (Å²) in [6, 6.07) is 11.2. The molecule has 24 heavy (non-hydrogen) atoms. The number of likely N-dealkylation sites (N-methyl/N-ethyl adjacent to an activating group) is 1. The molecule has 2 fully saturated rings. The lowest BCUT2D eigenvalue weighted by atomic mass is 9.78. The van der Waals surface area contributed by atoms with Crippen LogP contribution >= 0.6 is 0 Å². The van der Waals surface area contributed by atoms with E-state index in [-0.39, 0.29) is 11.3 Å². The summed E-state index contributed by atoms with van der Waals surface area (Å²) in [4.78, 5) is 17.2. The summed E-state index contributed by atoms with van der Waals surface area (Å²) < 4.78 is 0. The zero-order valence-corrected chi connectivity index (χ0v) is 15.3. The molecule has 0 bridgehead atoms. The Bertz CT molecular complexity index is 551. The van der Waals surface area contributed by atoms with Gasteiger partial charge in [-0.15, -0.1) is 0 Å². The highest BCUT2D eigenvalue weighted by Crippen LogP contribution is 2.42. The van der Waals surface area contributed by atoms with Crippen LogP contribution < -0.4 is 5.32 Å². The molecule has 2 aliphatic heterocycles. The Kier molecular flexibility index (Phi) is 5.26. The van der Waals surface area contributed by atoms with Crippen LogP contribution in [0.25, 0.3) is 0 Å². The van der Waals surface area contributed by atoms with Crippen molar-refractivity contribution in [2.75, 3.05) is 39.8 Å². The SMILES string of the molecule is CN(CC(=O)N1CC(c2ccccc2)C(C)(C)C1)C1CCNCC1. The maximum atomic E-state index is 12.8. The number of piperidine rings is 1. The van der Waals surface area contributed by atoms with Gasteiger partial charge in [0.1, 0.15) is 0 Å². The molecular weight excluding hydrogens is 298 g/mol. The highest BCUT2D eigenvalue weighted by molar-refractivity contribution is 5.79. The van der Waals surface area contributed by atoms with E-state index in [4.69, 9.17) is 0 Å². The van der Waals surface area contributed by atoms with Crippen molar-refractivity contribution in [2.45, 2.75) is 38.6 Å². The lowest BCUT2D eigenvalue weighted by Gasteiger charge is -2.32. The van der Waals surface area contributed by atoms with Gasteiger partial charge in [0.15, 0.2) is 0 Å². The van der Waals surface area contributed by atoms with Gasteiger partial charge in [-0.1, -0.05) is 44.2 Å². The van der Waals surface area contributed by atoms with Crippen molar-refractivity contribution in [3.05, 3.63) is 35.9 Å². The molecule has 1 aromatic rings. The summed E-state index contributed by atoms with van der Waals surface area (Å²) in [5.41, 5.74) is 1.48. The fourth-order valence-electron chi connectivity index (χ4n) is 4.26. The lowest BCUT2D eigenvalue weighted by Crippen LogP contribution is -2.46. The minimum Gasteiger partial charge on any atom is -0.340 e. The monoisotopic (exact) mass is 329 g/mol. The molecule has 1 atom stereocenters. The van der Waals surface area contributed by atoms with Crippen LogP contribution in [0.15, 0.2) is 30.3 Å². The molecule has 2 heterocycles. The van der Waals surface area contributed by atoms with Crippen molar-refractivity contribution < 1.29 is 4.79 Å². The van der Waals surface area contributed by atoms with E-state index in [1.54, 1.807) is 0 Å². The maximum Gasteiger partial charge on any atom is 0.236 e. The number of carbonyl (C=O) groups excluding carboxylic acids is 1. The quantitative estimate of drug-likeness (QED) is 0.921. The van der Waals surface area contributed by atoms with Gasteiger partial charge in [0.25, 0.3) is 0 Å². The van der Waals surface area contributed by atoms with E-state index >= 15 is 0 Å². The average molecular weight is 329 g/mol. The van der Waals surface area contributed by atoms with Gasteiger partial charge in [0.2, 0.25) is 5.91 Å². The maximum absolute atomic E-state index is 12.8. The van der Waals surface area contributed by atoms with Crippen LogP contribution in [-0.2, 0) is 4.79 Å². The first-order valence-electron chi connectivity index (χ1n) is 9.21. The summed E-state index contributed by atoms with van der Waals surface area (Å²) >= 11 is 0. The molecule has 1 unspecified atom stereocenters. The van der Waals surface area contributed by atoms with Crippen LogP contribution in [-0.4, -0.2) is 61.5 Å². The number of carbonyl (C=O) groups is 1. The highest BCUT2D eigenvalue weighted by Gasteiger charge is 2.42. The van der Waals surface area contributed by atoms with E-state index in [1.807, 2.05) is 0 Å². The summed E-state index contributed by atoms with van der Waals surface area (Å²) in [5.74, 6) is 0.703. The number of hydrogen-bond acceptors (Lipinski definition) is 3. The van der Waals surface area contributed by atoms with Gasteiger partial charge in [-0.05, 0) is 44.0 Å². The first-order valence-corrected chi connectivity index (χ1v) is 9.21. The minimum atomic E-state index is 0.129. The first-order chi connectivity index (χ1) is 11.5. The second-order valence-electron chi connectivity index (χ2n) is 8.12. The molecule has 2 saturated heterocycles. The Morgan fingerprint density at radius 1 is 1.25 bits per heavy atom. The Labute approximate surface area is 146 Å². The van der Waals surface area contributed by atoms with E-state index in [0.29, 0.717) is 18.5 Å². The Hall–Kier alpha value is -1.39. The second kappa shape index (κ2) is 7.24. The van der Waals surface area contributed by atoms with Crippen molar-refractivity contribution in [2.24, 2.45) is 5.41 Å². The molecule has 2 aliphatic rings. The summed E-state index contributed by atoms with van der Waals surface area (Å²) in [7, 11) is 2.10. The molecular formula is C20H31N3O. The van der Waals surface area contributed by atoms with Gasteiger partial charge in [-0.3, -0.25) is 9.69 Å². The van der Waals surface area contributed by atoms with Crippen molar-refractivity contribution in [3.8, 4) is 0 Å². The predicted octanol–water partition coefficient (Wildman–Crippen LogP) is 2.32. The van der Waals surface area contributed by atoms with E-state index in [1.165, 1.54) is 5.56 Å². The fourth-order valence-corrected chi connectivity index (χ4v) is 4.26. The Morgan fingerprint density at radius 3 is 2.58 bits per heavy atom. The zero-order chi connectivity index (χ0) is 17.2. The van der Waals surface area contributed by atoms with Gasteiger partial charge < -0.3 is 10.2 Å². The molecule has 1 aromatic carbocycles. The van der Waals surface area contributed by atoms with Gasteiger partial charge in [-0.2, -0.15) is 0 Å². The molecule has 4 nitrogen and oxygen atoms in total. The third-order valence-electron chi connectivity index (χ3n) is 5.82. The lowest BCUT2D eigenvalue weighted by molar-refractivity contribution is -0.132. The molecule has 4 heteroatoms. The average Bonchev–Trinajstić information content (AvgIpc) is 2.92. The van der Waals surface area contributed by atoms with E-state index in [2.05, 4.69) is 66.3 Å². The number of nitrogens with one attached hydrogen (secondary N) is 1. The van der Waals surface area contributed by atoms with Gasteiger partial charge in [-0.25, -0.2) is 0 Å². The molecule has 0 spiro atoms. The van der Waals surface area contributed by atoms with Crippen molar-refractivity contribution in [3.63, 3.8) is 0 Å². The van der Waals surface area contributed by atoms with Crippen LogP contribution in [0.1, 0.15) is 38.2 Å². The van der Waals surface area contributed by atoms with Gasteiger partial charge in [0.05, 0.1) is 6.54 Å². The Balaban J connectivity index is 1.62.